The van der Waals surface area contributed by atoms with Crippen LogP contribution in [0.1, 0.15) is 31.6 Å². The number of nitrogens with zero attached hydrogens (tertiary/aromatic N) is 4. The van der Waals surface area contributed by atoms with Gasteiger partial charge in [-0.3, -0.25) is 0 Å². The van der Waals surface area contributed by atoms with E-state index in [1.807, 2.05) is 18.2 Å². The molecule has 6 nitrogen and oxygen atoms in total. The molecular formula is C23H22FN4NaO2. The maximum Gasteiger partial charge on any atom is 1.00 e. The van der Waals surface area contributed by atoms with Crippen LogP contribution < -0.4 is 34.5 Å². The normalized spacial score (nSPS) is 15.0. The van der Waals surface area contributed by atoms with Gasteiger partial charge in [-0.1, -0.05) is 0 Å². The second-order valence-electron chi connectivity index (χ2n) is 7.63. The molecule has 0 bridgehead atoms. The summed E-state index contributed by atoms with van der Waals surface area (Å²) in [7, 11) is 0. The van der Waals surface area contributed by atoms with Gasteiger partial charge in [0.05, 0.1) is 16.7 Å². The Morgan fingerprint density at radius 1 is 1.03 bits per heavy atom. The molecule has 3 aromatic heterocycles. The van der Waals surface area contributed by atoms with Crippen LogP contribution in [0.5, 0.6) is 5.75 Å². The number of fused-ring (bicyclic) bond motifs is 2. The molecule has 6 rings (SSSR count). The largest absolute Gasteiger partial charge is 1.00 e. The number of hydrogen-bond donors (Lipinski definition) is 1. The predicted octanol–water partition coefficient (Wildman–Crippen LogP) is 2.18. The summed E-state index contributed by atoms with van der Waals surface area (Å²) in [5.74, 6) is 0.000563. The van der Waals surface area contributed by atoms with Crippen molar-refractivity contribution in [3.05, 3.63) is 48.5 Å². The molecule has 4 aromatic rings. The Balaban J connectivity index is 0.000000534. The van der Waals surface area contributed by atoms with Crippen molar-refractivity contribution in [2.45, 2.75) is 32.6 Å². The van der Waals surface area contributed by atoms with Gasteiger partial charge in [0.25, 0.3) is 0 Å². The first-order chi connectivity index (χ1) is 14.6. The Hall–Kier alpha value is -2.22. The van der Waals surface area contributed by atoms with Gasteiger partial charge >= 0.3 is 29.6 Å². The first kappa shape index (κ1) is 22.0. The van der Waals surface area contributed by atoms with Crippen LogP contribution in [0.15, 0.2) is 34.7 Å². The zero-order chi connectivity index (χ0) is 20.7. The number of pyridine rings is 2. The van der Waals surface area contributed by atoms with E-state index >= 15 is 0 Å². The van der Waals surface area contributed by atoms with Crippen molar-refractivity contribution in [2.75, 3.05) is 18.0 Å². The second-order valence-corrected chi connectivity index (χ2v) is 7.63. The number of hydrogen-bond acceptors (Lipinski definition) is 6. The van der Waals surface area contributed by atoms with E-state index in [9.17, 15) is 9.50 Å². The van der Waals surface area contributed by atoms with Gasteiger partial charge in [0.1, 0.15) is 11.3 Å². The Bertz CT molecular complexity index is 1230. The Morgan fingerprint density at radius 3 is 2.42 bits per heavy atom. The molecule has 2 aliphatic rings. The van der Waals surface area contributed by atoms with Gasteiger partial charge in [0.2, 0.25) is 0 Å². The summed E-state index contributed by atoms with van der Waals surface area (Å²) in [6.45, 7) is 3.68. The third-order valence-electron chi connectivity index (χ3n) is 5.23. The van der Waals surface area contributed by atoms with Gasteiger partial charge in [-0.15, -0.1) is 0 Å². The average molecular weight is 428 g/mol. The third kappa shape index (κ3) is 4.54. The van der Waals surface area contributed by atoms with E-state index in [0.29, 0.717) is 17.1 Å². The van der Waals surface area contributed by atoms with E-state index < -0.39 is 11.6 Å². The zero-order valence-corrected chi connectivity index (χ0v) is 19.7. The summed E-state index contributed by atoms with van der Waals surface area (Å²) in [5.41, 5.74) is 2.46. The summed E-state index contributed by atoms with van der Waals surface area (Å²) in [6.07, 6.45) is 7.37. The summed E-state index contributed by atoms with van der Waals surface area (Å²) >= 11 is 0. The fourth-order valence-corrected chi connectivity index (χ4v) is 3.59. The first-order valence-electron chi connectivity index (χ1n) is 10.2. The minimum atomic E-state index is -0.802. The van der Waals surface area contributed by atoms with Crippen LogP contribution in [0.2, 0.25) is 0 Å². The number of anilines is 1. The Kier molecular flexibility index (Phi) is 6.46. The molecule has 0 unspecified atom stereocenters. The van der Waals surface area contributed by atoms with E-state index in [0.717, 1.165) is 24.4 Å². The minimum Gasteiger partial charge on any atom is -0.504 e. The topological polar surface area (TPSA) is 75.3 Å². The minimum absolute atomic E-state index is 0. The van der Waals surface area contributed by atoms with Crippen molar-refractivity contribution in [1.29, 1.82) is 0 Å². The molecule has 0 amide bonds. The number of phenols is 1. The molecular weight excluding hydrogens is 406 g/mol. The fraction of sp³-hybridized carbons (Fsp3) is 0.304. The number of halogens is 1. The van der Waals surface area contributed by atoms with E-state index in [1.54, 1.807) is 19.1 Å². The summed E-state index contributed by atoms with van der Waals surface area (Å²) in [4.78, 5) is 15.5. The van der Waals surface area contributed by atoms with Gasteiger partial charge in [-0.05, 0) is 43.2 Å². The summed E-state index contributed by atoms with van der Waals surface area (Å²) < 4.78 is 19.9. The molecule has 2 fully saturated rings. The van der Waals surface area contributed by atoms with Crippen molar-refractivity contribution >= 4 is 28.0 Å². The predicted molar refractivity (Wildman–Crippen MR) is 114 cm³/mol. The Morgan fingerprint density at radius 2 is 1.71 bits per heavy atom. The molecule has 4 heterocycles. The smallest absolute Gasteiger partial charge is 0.504 e. The first-order valence-corrected chi connectivity index (χ1v) is 10.2. The molecule has 0 radical (unpaired) electrons. The molecule has 8 heteroatoms. The van der Waals surface area contributed by atoms with Crippen LogP contribution in [0, 0.1) is 19.2 Å². The number of phenolic OH excluding ortho intramolecular Hbond substituents is 1. The van der Waals surface area contributed by atoms with Gasteiger partial charge in [-0.2, -0.15) is 0 Å². The molecule has 1 aromatic carbocycles. The second kappa shape index (κ2) is 9.10. The van der Waals surface area contributed by atoms with Crippen molar-refractivity contribution in [3.63, 3.8) is 0 Å². The number of benzene rings is 1. The SMILES string of the molecule is Cc1nc2c(F)c(O)c(-c3ccc4nc(N5CCCC5)ccc4n3)cc2o1.[CH-]1CC1.[Na+]. The maximum absolute atomic E-state index is 14.5. The van der Waals surface area contributed by atoms with Gasteiger partial charge in [0.15, 0.2) is 23.0 Å². The standard InChI is InChI=1S/C20H17FN4O2.C3H5.Na/c1-11-22-19-16(27-11)10-12(20(26)18(19)21)13-4-5-15-14(23-13)6-7-17(24-15)25-8-2-3-9-25;1-2-3-1;/h4-7,10,26H,2-3,8-9H2,1H3;1H,2-3H2;/q;-1;+1. The summed E-state index contributed by atoms with van der Waals surface area (Å²) in [5, 5.41) is 10.3. The number of aromatic hydroxyl groups is 1. The molecule has 0 spiro atoms. The monoisotopic (exact) mass is 428 g/mol. The molecule has 1 saturated heterocycles. The summed E-state index contributed by atoms with van der Waals surface area (Å²) in [6, 6.07) is 8.99. The van der Waals surface area contributed by atoms with Gasteiger partial charge in [-0.25, -0.2) is 32.2 Å². The van der Waals surface area contributed by atoms with E-state index in [1.165, 1.54) is 25.7 Å². The number of aryl methyl sites for hydroxylation is 1. The molecule has 154 valence electrons. The molecule has 1 aliphatic heterocycles. The average Bonchev–Trinajstić information content (AvgIpc) is 3.44. The van der Waals surface area contributed by atoms with E-state index in [4.69, 9.17) is 4.42 Å². The molecule has 31 heavy (non-hydrogen) atoms. The van der Waals surface area contributed by atoms with Gasteiger partial charge in [0, 0.05) is 25.6 Å². The van der Waals surface area contributed by atoms with Crippen LogP contribution >= 0.6 is 0 Å². The molecule has 1 N–H and O–H groups in total. The van der Waals surface area contributed by atoms with Gasteiger partial charge < -0.3 is 20.8 Å². The van der Waals surface area contributed by atoms with Crippen LogP contribution in [-0.2, 0) is 0 Å². The maximum atomic E-state index is 14.5. The number of aromatic nitrogens is 3. The zero-order valence-electron chi connectivity index (χ0n) is 17.7. The van der Waals surface area contributed by atoms with Crippen LogP contribution in [-0.4, -0.2) is 33.1 Å². The fourth-order valence-electron chi connectivity index (χ4n) is 3.59. The quantitative estimate of drug-likeness (QED) is 0.390. The van der Waals surface area contributed by atoms with Crippen LogP contribution in [0.3, 0.4) is 0 Å². The van der Waals surface area contributed by atoms with Crippen molar-refractivity contribution in [1.82, 2.24) is 15.0 Å². The molecule has 0 atom stereocenters. The number of rotatable bonds is 2. The van der Waals surface area contributed by atoms with Crippen molar-refractivity contribution < 1.29 is 43.5 Å². The van der Waals surface area contributed by atoms with E-state index in [2.05, 4.69) is 26.3 Å². The van der Waals surface area contributed by atoms with Crippen LogP contribution in [0.4, 0.5) is 10.2 Å². The molecule has 1 saturated carbocycles. The Labute approximate surface area is 201 Å². The van der Waals surface area contributed by atoms with Crippen molar-refractivity contribution in [2.24, 2.45) is 0 Å². The van der Waals surface area contributed by atoms with Crippen LogP contribution in [0.25, 0.3) is 33.4 Å². The van der Waals surface area contributed by atoms with Crippen molar-refractivity contribution in [3.8, 4) is 17.0 Å². The molecule has 1 aliphatic carbocycles. The number of oxazole rings is 1. The van der Waals surface area contributed by atoms with E-state index in [-0.39, 0.29) is 46.2 Å². The third-order valence-corrected chi connectivity index (χ3v) is 5.23.